The Morgan fingerprint density at radius 2 is 2.22 bits per heavy atom. The van der Waals surface area contributed by atoms with Gasteiger partial charge in [-0.05, 0) is 30.7 Å². The number of benzene rings is 1. The third-order valence-electron chi connectivity index (χ3n) is 2.40. The predicted octanol–water partition coefficient (Wildman–Crippen LogP) is 1.19. The summed E-state index contributed by atoms with van der Waals surface area (Å²) in [7, 11) is 0. The fourth-order valence-corrected chi connectivity index (χ4v) is 1.59. The van der Waals surface area contributed by atoms with Gasteiger partial charge in [0, 0.05) is 18.1 Å². The number of aryl methyl sites for hydroxylation is 1. The monoisotopic (exact) mass is 243 g/mol. The van der Waals surface area contributed by atoms with Gasteiger partial charge in [0.05, 0.1) is 0 Å². The molecule has 0 spiro atoms. The number of hydrogen-bond donors (Lipinski definition) is 1. The van der Waals surface area contributed by atoms with Crippen molar-refractivity contribution in [2.75, 3.05) is 5.32 Å². The predicted molar refractivity (Wildman–Crippen MR) is 68.3 cm³/mol. The Balaban J connectivity index is 2.06. The average molecular weight is 243 g/mol. The molecule has 0 radical (unpaired) electrons. The lowest BCUT2D eigenvalue weighted by atomic mass is 10.2. The van der Waals surface area contributed by atoms with E-state index in [9.17, 15) is 9.59 Å². The summed E-state index contributed by atoms with van der Waals surface area (Å²) in [5.41, 5.74) is 1.35. The van der Waals surface area contributed by atoms with Gasteiger partial charge in [-0.1, -0.05) is 12.1 Å². The smallest absolute Gasteiger partial charge is 0.325 e. The number of anilines is 1. The van der Waals surface area contributed by atoms with Gasteiger partial charge in [-0.15, -0.1) is 0 Å². The van der Waals surface area contributed by atoms with Crippen molar-refractivity contribution in [2.45, 2.75) is 13.5 Å². The van der Waals surface area contributed by atoms with Crippen LogP contribution < -0.4 is 11.0 Å². The van der Waals surface area contributed by atoms with E-state index in [2.05, 4.69) is 10.3 Å². The van der Waals surface area contributed by atoms with E-state index < -0.39 is 5.69 Å². The molecule has 0 bridgehead atoms. The number of rotatable bonds is 3. The number of aromatic nitrogens is 2. The summed E-state index contributed by atoms with van der Waals surface area (Å²) < 4.78 is 1.26. The van der Waals surface area contributed by atoms with E-state index in [1.54, 1.807) is 12.1 Å². The first-order valence-electron chi connectivity index (χ1n) is 5.53. The van der Waals surface area contributed by atoms with Crippen molar-refractivity contribution in [1.29, 1.82) is 0 Å². The fourth-order valence-electron chi connectivity index (χ4n) is 1.59. The van der Waals surface area contributed by atoms with Crippen LogP contribution in [0.5, 0.6) is 0 Å². The maximum atomic E-state index is 11.7. The first-order chi connectivity index (χ1) is 8.65. The molecule has 18 heavy (non-hydrogen) atoms. The van der Waals surface area contributed by atoms with Gasteiger partial charge in [-0.2, -0.15) is 0 Å². The Morgan fingerprint density at radius 1 is 1.39 bits per heavy atom. The van der Waals surface area contributed by atoms with Crippen LogP contribution in [0.25, 0.3) is 0 Å². The second-order valence-corrected chi connectivity index (χ2v) is 3.95. The van der Waals surface area contributed by atoms with Crippen LogP contribution in [0.4, 0.5) is 5.69 Å². The van der Waals surface area contributed by atoms with E-state index in [4.69, 9.17) is 0 Å². The van der Waals surface area contributed by atoms with Crippen LogP contribution in [-0.4, -0.2) is 15.5 Å². The summed E-state index contributed by atoms with van der Waals surface area (Å²) in [4.78, 5) is 26.7. The van der Waals surface area contributed by atoms with E-state index in [0.717, 1.165) is 11.3 Å². The van der Waals surface area contributed by atoms with Crippen LogP contribution in [-0.2, 0) is 11.3 Å². The molecule has 2 rings (SSSR count). The minimum atomic E-state index is -0.433. The third-order valence-corrected chi connectivity index (χ3v) is 2.40. The molecule has 0 fully saturated rings. The van der Waals surface area contributed by atoms with Crippen molar-refractivity contribution >= 4 is 11.6 Å². The first kappa shape index (κ1) is 12.0. The van der Waals surface area contributed by atoms with E-state index in [0.29, 0.717) is 0 Å². The summed E-state index contributed by atoms with van der Waals surface area (Å²) >= 11 is 0. The number of nitrogens with zero attached hydrogens (tertiary/aromatic N) is 2. The number of hydrogen-bond acceptors (Lipinski definition) is 3. The molecule has 0 aliphatic rings. The van der Waals surface area contributed by atoms with E-state index in [1.165, 1.54) is 17.0 Å². The summed E-state index contributed by atoms with van der Waals surface area (Å²) in [6.45, 7) is 1.90. The van der Waals surface area contributed by atoms with Crippen molar-refractivity contribution in [1.82, 2.24) is 9.55 Å². The molecule has 0 atom stereocenters. The Bertz CT molecular complexity index is 619. The summed E-state index contributed by atoms with van der Waals surface area (Å²) in [5.74, 6) is -0.254. The highest BCUT2D eigenvalue weighted by Crippen LogP contribution is 2.09. The molecule has 92 valence electrons. The van der Waals surface area contributed by atoms with Crippen molar-refractivity contribution in [2.24, 2.45) is 0 Å². The second kappa shape index (κ2) is 5.27. The van der Waals surface area contributed by atoms with Crippen LogP contribution in [0.3, 0.4) is 0 Å². The molecule has 1 aromatic heterocycles. The number of amides is 1. The van der Waals surface area contributed by atoms with Crippen LogP contribution in [0, 0.1) is 6.92 Å². The van der Waals surface area contributed by atoms with Gasteiger partial charge in [-0.3, -0.25) is 9.36 Å². The zero-order valence-corrected chi connectivity index (χ0v) is 9.96. The van der Waals surface area contributed by atoms with Crippen LogP contribution >= 0.6 is 0 Å². The van der Waals surface area contributed by atoms with Gasteiger partial charge < -0.3 is 5.32 Å². The maximum Gasteiger partial charge on any atom is 0.347 e. The Morgan fingerprint density at radius 3 is 2.94 bits per heavy atom. The highest BCUT2D eigenvalue weighted by atomic mass is 16.2. The lowest BCUT2D eigenvalue weighted by molar-refractivity contribution is -0.116. The molecule has 5 nitrogen and oxygen atoms in total. The van der Waals surface area contributed by atoms with Crippen LogP contribution in [0.15, 0.2) is 47.5 Å². The molecule has 5 heteroatoms. The molecule has 1 amide bonds. The Kier molecular flexibility index (Phi) is 3.52. The average Bonchev–Trinajstić information content (AvgIpc) is 2.32. The zero-order valence-electron chi connectivity index (χ0n) is 9.96. The van der Waals surface area contributed by atoms with Crippen molar-refractivity contribution in [3.05, 3.63) is 58.8 Å². The summed E-state index contributed by atoms with van der Waals surface area (Å²) in [6, 6.07) is 9.09. The first-order valence-corrected chi connectivity index (χ1v) is 5.53. The third kappa shape index (κ3) is 3.04. The lowest BCUT2D eigenvalue weighted by Gasteiger charge is -2.07. The maximum absolute atomic E-state index is 11.7. The summed E-state index contributed by atoms with van der Waals surface area (Å²) in [6.07, 6.45) is 2.93. The van der Waals surface area contributed by atoms with E-state index in [1.807, 2.05) is 25.1 Å². The zero-order chi connectivity index (χ0) is 13.0. The fraction of sp³-hybridized carbons (Fsp3) is 0.154. The molecule has 2 aromatic rings. The quantitative estimate of drug-likeness (QED) is 0.880. The lowest BCUT2D eigenvalue weighted by Crippen LogP contribution is -2.28. The minimum absolute atomic E-state index is 0.0411. The minimum Gasteiger partial charge on any atom is -0.325 e. The molecule has 0 saturated heterocycles. The Hall–Kier alpha value is -2.43. The van der Waals surface area contributed by atoms with Crippen molar-refractivity contribution in [3.8, 4) is 0 Å². The SMILES string of the molecule is Cc1cccc(NC(=O)Cn2cccnc2=O)c1. The van der Waals surface area contributed by atoms with Crippen molar-refractivity contribution < 1.29 is 4.79 Å². The molecule has 0 aliphatic heterocycles. The van der Waals surface area contributed by atoms with Crippen molar-refractivity contribution in [3.63, 3.8) is 0 Å². The normalized spacial score (nSPS) is 10.1. The van der Waals surface area contributed by atoms with E-state index in [-0.39, 0.29) is 12.5 Å². The van der Waals surface area contributed by atoms with Gasteiger partial charge in [0.25, 0.3) is 0 Å². The molecule has 1 aromatic carbocycles. The molecule has 1 heterocycles. The topological polar surface area (TPSA) is 64.0 Å². The molecule has 0 aliphatic carbocycles. The number of nitrogens with one attached hydrogen (secondary N) is 1. The molecule has 1 N–H and O–H groups in total. The standard InChI is InChI=1S/C13H13N3O2/c1-10-4-2-5-11(8-10)15-12(17)9-16-7-3-6-14-13(16)18/h2-8H,9H2,1H3,(H,15,17). The molecule has 0 unspecified atom stereocenters. The van der Waals surface area contributed by atoms with Crippen LogP contribution in [0.2, 0.25) is 0 Å². The van der Waals surface area contributed by atoms with E-state index >= 15 is 0 Å². The highest BCUT2D eigenvalue weighted by Gasteiger charge is 2.04. The van der Waals surface area contributed by atoms with Gasteiger partial charge in [-0.25, -0.2) is 9.78 Å². The molecular formula is C13H13N3O2. The largest absolute Gasteiger partial charge is 0.347 e. The van der Waals surface area contributed by atoms with Gasteiger partial charge >= 0.3 is 5.69 Å². The number of carbonyl (C=O) groups excluding carboxylic acids is 1. The highest BCUT2D eigenvalue weighted by molar-refractivity contribution is 5.90. The van der Waals surface area contributed by atoms with Gasteiger partial charge in [0.15, 0.2) is 0 Å². The Labute approximate surface area is 104 Å². The second-order valence-electron chi connectivity index (χ2n) is 3.95. The van der Waals surface area contributed by atoms with Crippen LogP contribution in [0.1, 0.15) is 5.56 Å². The van der Waals surface area contributed by atoms with Gasteiger partial charge in [0.2, 0.25) is 5.91 Å². The molecule has 0 saturated carbocycles. The number of carbonyl (C=O) groups is 1. The molecular weight excluding hydrogens is 230 g/mol. The van der Waals surface area contributed by atoms with Gasteiger partial charge in [0.1, 0.15) is 6.54 Å². The summed E-state index contributed by atoms with van der Waals surface area (Å²) in [5, 5.41) is 2.73.